The normalized spacial score (nSPS) is 38.4. The summed E-state index contributed by atoms with van der Waals surface area (Å²) in [6.45, 7) is 7.20. The second-order valence-corrected chi connectivity index (χ2v) is 11.4. The highest BCUT2D eigenvalue weighted by Crippen LogP contribution is 2.67. The van der Waals surface area contributed by atoms with Crippen LogP contribution in [0.3, 0.4) is 0 Å². The molecular formula is C27H37NO6. The largest absolute Gasteiger partial charge is 0.508 e. The van der Waals surface area contributed by atoms with Crippen LogP contribution in [0, 0.1) is 24.7 Å². The van der Waals surface area contributed by atoms with Crippen molar-refractivity contribution in [3.63, 3.8) is 0 Å². The van der Waals surface area contributed by atoms with E-state index in [1.165, 1.54) is 12.8 Å². The number of hydrogen-bond acceptors (Lipinski definition) is 7. The number of rotatable bonds is 6. The van der Waals surface area contributed by atoms with E-state index in [2.05, 4.69) is 11.8 Å². The predicted molar refractivity (Wildman–Crippen MR) is 124 cm³/mol. The Balaban J connectivity index is 1.45. The second-order valence-electron chi connectivity index (χ2n) is 11.4. The molecule has 3 saturated carbocycles. The van der Waals surface area contributed by atoms with E-state index in [-0.39, 0.29) is 30.1 Å². The van der Waals surface area contributed by atoms with E-state index in [0.29, 0.717) is 38.6 Å². The lowest BCUT2D eigenvalue weighted by Gasteiger charge is -2.59. The lowest BCUT2D eigenvalue weighted by atomic mass is 9.55. The molecule has 5 atom stereocenters. The van der Waals surface area contributed by atoms with E-state index in [9.17, 15) is 15.0 Å². The van der Waals surface area contributed by atoms with E-state index in [4.69, 9.17) is 14.2 Å². The van der Waals surface area contributed by atoms with Crippen LogP contribution < -0.4 is 0 Å². The van der Waals surface area contributed by atoms with Gasteiger partial charge in [0.2, 0.25) is 0 Å². The molecule has 5 aliphatic rings. The van der Waals surface area contributed by atoms with Crippen LogP contribution in [0.15, 0.2) is 18.2 Å². The Morgan fingerprint density at radius 3 is 2.71 bits per heavy atom. The molecule has 34 heavy (non-hydrogen) atoms. The Labute approximate surface area is 201 Å². The third kappa shape index (κ3) is 3.27. The number of phenolic OH excluding ortho intramolecular Hbond substituents is 1. The molecule has 0 radical (unpaired) electrons. The van der Waals surface area contributed by atoms with Crippen LogP contribution in [0.1, 0.15) is 56.6 Å². The molecule has 0 amide bonds. The molecule has 1 aromatic carbocycles. The number of nitrogens with zero attached hydrogens (tertiary/aromatic N) is 1. The van der Waals surface area contributed by atoms with Gasteiger partial charge in [-0.25, -0.2) is 0 Å². The van der Waals surface area contributed by atoms with Crippen LogP contribution in [0.4, 0.5) is 0 Å². The Morgan fingerprint density at radius 2 is 2.00 bits per heavy atom. The second kappa shape index (κ2) is 7.92. The first-order valence-corrected chi connectivity index (χ1v) is 13.0. The van der Waals surface area contributed by atoms with Gasteiger partial charge in [-0.2, -0.15) is 0 Å². The molecule has 1 unspecified atom stereocenters. The van der Waals surface area contributed by atoms with Gasteiger partial charge in [-0.1, -0.05) is 6.07 Å². The lowest BCUT2D eigenvalue weighted by Crippen LogP contribution is -2.70. The molecule has 5 fully saturated rings. The number of aromatic hydroxyl groups is 1. The van der Waals surface area contributed by atoms with Crippen molar-refractivity contribution in [1.29, 1.82) is 0 Å². The van der Waals surface area contributed by atoms with Gasteiger partial charge < -0.3 is 24.4 Å². The molecular weight excluding hydrogens is 434 g/mol. The van der Waals surface area contributed by atoms with Crippen LogP contribution in [-0.2, 0) is 24.4 Å². The van der Waals surface area contributed by atoms with Crippen molar-refractivity contribution in [1.82, 2.24) is 4.90 Å². The fraction of sp³-hybridized carbons (Fsp3) is 0.741. The zero-order valence-electron chi connectivity index (χ0n) is 20.3. The molecule has 2 saturated heterocycles. The number of esters is 1. The summed E-state index contributed by atoms with van der Waals surface area (Å²) in [6.07, 6.45) is 4.46. The zero-order valence-corrected chi connectivity index (χ0v) is 20.3. The van der Waals surface area contributed by atoms with Crippen LogP contribution in [-0.4, -0.2) is 71.4 Å². The number of carbonyl (C=O) groups is 1. The maximum absolute atomic E-state index is 12.8. The van der Waals surface area contributed by atoms with Crippen molar-refractivity contribution in [2.75, 3.05) is 32.9 Å². The molecule has 0 aromatic heterocycles. The van der Waals surface area contributed by atoms with Gasteiger partial charge in [0.1, 0.15) is 5.75 Å². The Hall–Kier alpha value is -1.67. The Bertz CT molecular complexity index is 972. The number of aliphatic hydroxyl groups is 1. The molecule has 2 N–H and O–H groups in total. The Kier molecular flexibility index (Phi) is 5.30. The number of ether oxygens (including phenoxy) is 3. The van der Waals surface area contributed by atoms with Gasteiger partial charge in [0.25, 0.3) is 0 Å². The van der Waals surface area contributed by atoms with Crippen LogP contribution >= 0.6 is 0 Å². The zero-order chi connectivity index (χ0) is 23.7. The van der Waals surface area contributed by atoms with E-state index >= 15 is 0 Å². The van der Waals surface area contributed by atoms with Crippen molar-refractivity contribution >= 4 is 5.97 Å². The third-order valence-electron chi connectivity index (χ3n) is 9.39. The van der Waals surface area contributed by atoms with Crippen molar-refractivity contribution in [3.05, 3.63) is 29.3 Å². The molecule has 2 heterocycles. The van der Waals surface area contributed by atoms with Crippen molar-refractivity contribution in [3.8, 4) is 5.75 Å². The molecule has 186 valence electrons. The number of hydrogen-bond donors (Lipinski definition) is 2. The lowest BCUT2D eigenvalue weighted by molar-refractivity contribution is -0.268. The van der Waals surface area contributed by atoms with Gasteiger partial charge in [0.05, 0.1) is 31.8 Å². The maximum atomic E-state index is 12.8. The Morgan fingerprint density at radius 1 is 1.24 bits per heavy atom. The summed E-state index contributed by atoms with van der Waals surface area (Å²) in [6, 6.07) is 5.54. The standard InChI is InChI=1S/C27H37NO6/c1-3-32-23(30)10-20-13-26(31)24-19(15-28(24)14-18-5-6-18)12-25(26,16-27(20)33-8-9-34-27)22-11-21(29)7-4-17(22)2/h4,7,11,18-20,24,29,31H,3,5-6,8-10,12-16H2,1-2H3/t19?,20-,24+,25+,26+/m0/s1. The number of aryl methyl sites for hydroxylation is 1. The van der Waals surface area contributed by atoms with Gasteiger partial charge in [0.15, 0.2) is 5.79 Å². The van der Waals surface area contributed by atoms with E-state index < -0.39 is 16.8 Å². The SMILES string of the molecule is CCOC(=O)C[C@H]1C[C@@]2(O)[C@H]3C(CN3CC3CC3)C[C@]2(c2cc(O)ccc2C)CC12OCCO2. The number of benzene rings is 1. The van der Waals surface area contributed by atoms with Crippen molar-refractivity contribution in [2.45, 2.75) is 75.2 Å². The topological polar surface area (TPSA) is 88.5 Å². The summed E-state index contributed by atoms with van der Waals surface area (Å²) in [7, 11) is 0. The van der Waals surface area contributed by atoms with Gasteiger partial charge in [-0.15, -0.1) is 0 Å². The highest BCUT2D eigenvalue weighted by molar-refractivity contribution is 5.70. The van der Waals surface area contributed by atoms with Crippen molar-refractivity contribution < 1.29 is 29.2 Å². The monoisotopic (exact) mass is 471 g/mol. The summed E-state index contributed by atoms with van der Waals surface area (Å²) in [5.41, 5.74) is 0.395. The van der Waals surface area contributed by atoms with Gasteiger partial charge in [-0.05, 0) is 74.6 Å². The summed E-state index contributed by atoms with van der Waals surface area (Å²) in [5.74, 6) is -0.149. The first kappa shape index (κ1) is 22.8. The van der Waals surface area contributed by atoms with Gasteiger partial charge in [-0.3, -0.25) is 9.69 Å². The van der Waals surface area contributed by atoms with Crippen LogP contribution in [0.25, 0.3) is 0 Å². The van der Waals surface area contributed by atoms with Crippen LogP contribution in [0.2, 0.25) is 0 Å². The maximum Gasteiger partial charge on any atom is 0.306 e. The van der Waals surface area contributed by atoms with E-state index in [0.717, 1.165) is 36.6 Å². The first-order valence-electron chi connectivity index (χ1n) is 13.0. The van der Waals surface area contributed by atoms with Gasteiger partial charge in [0, 0.05) is 36.9 Å². The minimum atomic E-state index is -1.04. The highest BCUT2D eigenvalue weighted by atomic mass is 16.7. The molecule has 2 aliphatic heterocycles. The van der Waals surface area contributed by atoms with E-state index in [1.54, 1.807) is 6.07 Å². The molecule has 6 rings (SSSR count). The fourth-order valence-corrected chi connectivity index (χ4v) is 7.93. The fourth-order valence-electron chi connectivity index (χ4n) is 7.93. The summed E-state index contributed by atoms with van der Waals surface area (Å²) in [4.78, 5) is 15.1. The van der Waals surface area contributed by atoms with Gasteiger partial charge >= 0.3 is 5.97 Å². The minimum absolute atomic E-state index is 0.0540. The van der Waals surface area contributed by atoms with Crippen molar-refractivity contribution in [2.24, 2.45) is 17.8 Å². The summed E-state index contributed by atoms with van der Waals surface area (Å²) in [5, 5.41) is 23.3. The number of fused-ring (bicyclic) bond motifs is 3. The predicted octanol–water partition coefficient (Wildman–Crippen LogP) is 2.89. The van der Waals surface area contributed by atoms with Crippen LogP contribution in [0.5, 0.6) is 5.75 Å². The quantitative estimate of drug-likeness (QED) is 0.617. The molecule has 3 aliphatic carbocycles. The number of likely N-dealkylation sites (tertiary alicyclic amines) is 1. The average Bonchev–Trinajstić information content (AvgIpc) is 3.43. The third-order valence-corrected chi connectivity index (χ3v) is 9.39. The smallest absolute Gasteiger partial charge is 0.306 e. The van der Waals surface area contributed by atoms with E-state index in [1.807, 2.05) is 19.1 Å². The highest BCUT2D eigenvalue weighted by Gasteiger charge is 2.75. The average molecular weight is 472 g/mol. The molecule has 1 spiro atoms. The summed E-state index contributed by atoms with van der Waals surface area (Å²) < 4.78 is 17.9. The molecule has 7 nitrogen and oxygen atoms in total. The minimum Gasteiger partial charge on any atom is -0.508 e. The first-order chi connectivity index (χ1) is 16.3. The molecule has 1 aromatic rings. The summed E-state index contributed by atoms with van der Waals surface area (Å²) >= 11 is 0. The number of phenols is 1. The molecule has 7 heteroatoms. The molecule has 0 bridgehead atoms. The number of carbonyl (C=O) groups excluding carboxylic acids is 1.